The molecule has 0 spiro atoms. The molecule has 0 aliphatic carbocycles. The van der Waals surface area contributed by atoms with Gasteiger partial charge in [0.15, 0.2) is 12.0 Å². The summed E-state index contributed by atoms with van der Waals surface area (Å²) in [5, 5.41) is 14.8. The molecule has 2 aromatic rings. The molecule has 0 saturated carbocycles. The first kappa shape index (κ1) is 23.0. The molecule has 32 heavy (non-hydrogen) atoms. The van der Waals surface area contributed by atoms with E-state index in [2.05, 4.69) is 30.9 Å². The molecule has 0 amide bonds. The molecule has 1 N–H and O–H groups in total. The Morgan fingerprint density at radius 1 is 1.38 bits per heavy atom. The Morgan fingerprint density at radius 3 is 2.88 bits per heavy atom. The Labute approximate surface area is 196 Å². The largest absolute Gasteiger partial charge is 0.464 e. The third-order valence-corrected chi connectivity index (χ3v) is 6.65. The number of methoxy groups -OCH3 is 1. The van der Waals surface area contributed by atoms with Crippen molar-refractivity contribution in [3.05, 3.63) is 68.8 Å². The van der Waals surface area contributed by atoms with E-state index < -0.39 is 42.0 Å². The zero-order chi connectivity index (χ0) is 22.7. The van der Waals surface area contributed by atoms with Crippen LogP contribution in [0.15, 0.2) is 57.1 Å². The molecule has 0 radical (unpaired) electrons. The lowest BCUT2D eigenvalue weighted by Gasteiger charge is -2.46. The van der Waals surface area contributed by atoms with Gasteiger partial charge in [-0.05, 0) is 27.5 Å². The third-order valence-electron chi connectivity index (χ3n) is 5.03. The molecule has 3 unspecified atom stereocenters. The van der Waals surface area contributed by atoms with Crippen LogP contribution in [-0.2, 0) is 18.9 Å². The summed E-state index contributed by atoms with van der Waals surface area (Å²) in [5.74, 6) is -0.621. The molecular weight excluding hydrogens is 504 g/mol. The predicted octanol–water partition coefficient (Wildman–Crippen LogP) is 3.60. The molecule has 168 valence electrons. The Morgan fingerprint density at radius 2 is 2.16 bits per heavy atom. The fourth-order valence-corrected chi connectivity index (χ4v) is 5.21. The molecule has 1 aromatic carbocycles. The van der Waals surface area contributed by atoms with Gasteiger partial charge in [-0.2, -0.15) is 0 Å². The van der Waals surface area contributed by atoms with Crippen LogP contribution in [0, 0.1) is 0 Å². The molecule has 0 bridgehead atoms. The minimum atomic E-state index is -1.21. The fraction of sp³-hybridized carbons (Fsp3) is 0.400. The number of aliphatic hydroxyl groups excluding tert-OH is 1. The van der Waals surface area contributed by atoms with Gasteiger partial charge in [-0.3, -0.25) is 0 Å². The second-order valence-electron chi connectivity index (χ2n) is 7.02. The van der Waals surface area contributed by atoms with Crippen molar-refractivity contribution in [1.29, 1.82) is 0 Å². The maximum atomic E-state index is 12.1. The fourth-order valence-electron chi connectivity index (χ4n) is 3.53. The molecule has 2 fully saturated rings. The predicted molar refractivity (Wildman–Crippen MR) is 117 cm³/mol. The van der Waals surface area contributed by atoms with E-state index in [1.807, 2.05) is 30.3 Å². The minimum absolute atomic E-state index is 0.0826. The van der Waals surface area contributed by atoms with Crippen LogP contribution < -0.4 is 0 Å². The average molecular weight is 523 g/mol. The molecule has 1 aromatic heterocycles. The van der Waals surface area contributed by atoms with Gasteiger partial charge in [0, 0.05) is 26.0 Å². The van der Waals surface area contributed by atoms with Gasteiger partial charge in [0.05, 0.1) is 19.8 Å². The number of hydrogen-bond donors (Lipinski definition) is 1. The van der Waals surface area contributed by atoms with Gasteiger partial charge >= 0.3 is 5.97 Å². The SMILES string of the molecule is COC(=O)c1ncc(Br)cc1S[C@H]1OC2COC(c3ccccc3)O[C@@H]2[C@H](N=[N+]=[N-])C1O. The third kappa shape index (κ3) is 4.76. The lowest BCUT2D eigenvalue weighted by Crippen LogP contribution is -2.60. The van der Waals surface area contributed by atoms with Gasteiger partial charge in [0.2, 0.25) is 0 Å². The van der Waals surface area contributed by atoms with E-state index >= 15 is 0 Å². The molecule has 10 nitrogen and oxygen atoms in total. The minimum Gasteiger partial charge on any atom is -0.464 e. The number of aliphatic hydroxyl groups is 1. The van der Waals surface area contributed by atoms with Gasteiger partial charge in [-0.1, -0.05) is 47.2 Å². The van der Waals surface area contributed by atoms with E-state index in [1.54, 1.807) is 6.07 Å². The van der Waals surface area contributed by atoms with E-state index in [4.69, 9.17) is 24.5 Å². The number of benzene rings is 1. The van der Waals surface area contributed by atoms with Crippen molar-refractivity contribution in [2.24, 2.45) is 5.11 Å². The summed E-state index contributed by atoms with van der Waals surface area (Å²) in [7, 11) is 1.26. The van der Waals surface area contributed by atoms with Crippen LogP contribution in [0.5, 0.6) is 0 Å². The number of aromatic nitrogens is 1. The number of esters is 1. The normalized spacial score (nSPS) is 29.5. The maximum Gasteiger partial charge on any atom is 0.357 e. The van der Waals surface area contributed by atoms with Crippen LogP contribution in [0.25, 0.3) is 10.4 Å². The number of halogens is 1. The topological polar surface area (TPSA) is 136 Å². The first-order valence-corrected chi connectivity index (χ1v) is 11.3. The molecule has 2 saturated heterocycles. The summed E-state index contributed by atoms with van der Waals surface area (Å²) >= 11 is 4.41. The molecule has 12 heteroatoms. The van der Waals surface area contributed by atoms with E-state index in [0.29, 0.717) is 9.37 Å². The van der Waals surface area contributed by atoms with Crippen LogP contribution in [-0.4, -0.2) is 59.6 Å². The first-order chi connectivity index (χ1) is 15.5. The van der Waals surface area contributed by atoms with E-state index in [-0.39, 0.29) is 12.3 Å². The van der Waals surface area contributed by atoms with Crippen molar-refractivity contribution in [2.75, 3.05) is 13.7 Å². The lowest BCUT2D eigenvalue weighted by molar-refractivity contribution is -0.297. The molecule has 4 rings (SSSR count). The lowest BCUT2D eigenvalue weighted by atomic mass is 9.97. The summed E-state index contributed by atoms with van der Waals surface area (Å²) in [4.78, 5) is 19.6. The van der Waals surface area contributed by atoms with E-state index in [0.717, 1.165) is 17.3 Å². The van der Waals surface area contributed by atoms with Crippen molar-refractivity contribution in [1.82, 2.24) is 4.98 Å². The monoisotopic (exact) mass is 522 g/mol. The Kier molecular flexibility index (Phi) is 7.31. The number of hydrogen-bond acceptors (Lipinski definition) is 9. The number of pyridine rings is 1. The molecule has 6 atom stereocenters. The van der Waals surface area contributed by atoms with Gasteiger partial charge in [0.1, 0.15) is 23.7 Å². The summed E-state index contributed by atoms with van der Waals surface area (Å²) in [6.45, 7) is 0.173. The number of thioether (sulfide) groups is 1. The summed E-state index contributed by atoms with van der Waals surface area (Å²) < 4.78 is 23.3. The van der Waals surface area contributed by atoms with Crippen molar-refractivity contribution >= 4 is 33.7 Å². The molecule has 2 aliphatic heterocycles. The van der Waals surface area contributed by atoms with E-state index in [1.165, 1.54) is 13.3 Å². The van der Waals surface area contributed by atoms with Gasteiger partial charge in [0.25, 0.3) is 0 Å². The standard InChI is InChI=1S/C20H19BrN4O6S/c1-28-18(27)14-13(7-11(21)8-23-14)32-20-16(26)15(24-25-22)17-12(30-20)9-29-19(31-17)10-5-3-2-4-6-10/h2-8,12,15-17,19-20,26H,9H2,1H3/t12?,15-,16?,17+,19?,20-/m1/s1. The Balaban J connectivity index is 1.58. The highest BCUT2D eigenvalue weighted by molar-refractivity contribution is 9.10. The van der Waals surface area contributed by atoms with Gasteiger partial charge < -0.3 is 24.1 Å². The number of rotatable bonds is 5. The number of fused-ring (bicyclic) bond motifs is 1. The van der Waals surface area contributed by atoms with Crippen molar-refractivity contribution in [3.8, 4) is 0 Å². The van der Waals surface area contributed by atoms with Crippen LogP contribution in [0.3, 0.4) is 0 Å². The highest BCUT2D eigenvalue weighted by Crippen LogP contribution is 2.41. The summed E-state index contributed by atoms with van der Waals surface area (Å²) in [6, 6.07) is 10.1. The van der Waals surface area contributed by atoms with Gasteiger partial charge in [-0.15, -0.1) is 0 Å². The first-order valence-electron chi connectivity index (χ1n) is 9.62. The van der Waals surface area contributed by atoms with Crippen LogP contribution in [0.4, 0.5) is 0 Å². The number of azide groups is 1. The second kappa shape index (κ2) is 10.2. The number of carbonyl (C=O) groups excluding carboxylic acids is 1. The molecule has 2 aliphatic rings. The highest BCUT2D eigenvalue weighted by Gasteiger charge is 2.49. The zero-order valence-corrected chi connectivity index (χ0v) is 19.2. The van der Waals surface area contributed by atoms with Crippen molar-refractivity contribution in [3.63, 3.8) is 0 Å². The summed E-state index contributed by atoms with van der Waals surface area (Å²) in [6.07, 6.45) is -1.71. The molecule has 3 heterocycles. The smallest absolute Gasteiger partial charge is 0.357 e. The number of nitrogens with zero attached hydrogens (tertiary/aromatic N) is 4. The molecular formula is C20H19BrN4O6S. The highest BCUT2D eigenvalue weighted by atomic mass is 79.9. The number of carbonyl (C=O) groups is 1. The van der Waals surface area contributed by atoms with Crippen LogP contribution in [0.1, 0.15) is 22.3 Å². The average Bonchev–Trinajstić information content (AvgIpc) is 2.81. The Bertz CT molecular complexity index is 1020. The van der Waals surface area contributed by atoms with Crippen molar-refractivity contribution in [2.45, 2.75) is 41.0 Å². The Hall–Kier alpha value is -2.18. The van der Waals surface area contributed by atoms with Crippen LogP contribution >= 0.6 is 27.7 Å². The number of ether oxygens (including phenoxy) is 4. The van der Waals surface area contributed by atoms with Crippen molar-refractivity contribution < 1.29 is 28.8 Å². The van der Waals surface area contributed by atoms with Crippen LogP contribution in [0.2, 0.25) is 0 Å². The summed E-state index contributed by atoms with van der Waals surface area (Å²) in [5.41, 5.74) is 9.13. The maximum absolute atomic E-state index is 12.1. The quantitative estimate of drug-likeness (QED) is 0.272. The van der Waals surface area contributed by atoms with E-state index in [9.17, 15) is 9.90 Å². The van der Waals surface area contributed by atoms with Gasteiger partial charge in [-0.25, -0.2) is 9.78 Å². The zero-order valence-electron chi connectivity index (χ0n) is 16.8. The second-order valence-corrected chi connectivity index (χ2v) is 9.07.